The van der Waals surface area contributed by atoms with E-state index in [1.54, 1.807) is 13.0 Å². The highest BCUT2D eigenvalue weighted by Gasteiger charge is 2.27. The number of anilines is 3. The van der Waals surface area contributed by atoms with Gasteiger partial charge in [0, 0.05) is 18.2 Å². The molecule has 26 heavy (non-hydrogen) atoms. The zero-order valence-electron chi connectivity index (χ0n) is 14.0. The van der Waals surface area contributed by atoms with Gasteiger partial charge < -0.3 is 15.8 Å². The molecule has 0 aliphatic heterocycles. The molecule has 4 N–H and O–H groups in total. The third-order valence-corrected chi connectivity index (χ3v) is 3.96. The van der Waals surface area contributed by atoms with Gasteiger partial charge in [0.25, 0.3) is 0 Å². The highest BCUT2D eigenvalue weighted by Crippen LogP contribution is 2.32. The van der Waals surface area contributed by atoms with Crippen LogP contribution < -0.4 is 16.4 Å². The molecule has 1 fully saturated rings. The quantitative estimate of drug-likeness (QED) is 0.690. The number of rotatable bonds is 5. The number of aryl methyl sites for hydroxylation is 1. The number of benzene rings is 2. The van der Waals surface area contributed by atoms with Crippen molar-refractivity contribution < 1.29 is 22.7 Å². The lowest BCUT2D eigenvalue weighted by Gasteiger charge is -2.15. The van der Waals surface area contributed by atoms with Crippen molar-refractivity contribution in [2.75, 3.05) is 16.4 Å². The summed E-state index contributed by atoms with van der Waals surface area (Å²) in [6.45, 7) is 1.61. The molecule has 1 aliphatic carbocycles. The first-order valence-electron chi connectivity index (χ1n) is 8.09. The van der Waals surface area contributed by atoms with Crippen molar-refractivity contribution in [3.63, 3.8) is 0 Å². The fourth-order valence-corrected chi connectivity index (χ4v) is 2.36. The number of nitrogen functional groups attached to an aromatic ring is 1. The molecule has 0 unspecified atom stereocenters. The maximum absolute atomic E-state index is 14.4. The maximum atomic E-state index is 14.4. The minimum absolute atomic E-state index is 0.129. The molecule has 8 heteroatoms. The summed E-state index contributed by atoms with van der Waals surface area (Å²) in [5.74, 6) is -2.52. The minimum atomic E-state index is -1.07. The number of ether oxygens (including phenoxy) is 1. The average Bonchev–Trinajstić information content (AvgIpc) is 3.37. The van der Waals surface area contributed by atoms with Gasteiger partial charge in [0.05, 0.1) is 11.4 Å². The van der Waals surface area contributed by atoms with E-state index < -0.39 is 34.9 Å². The summed E-state index contributed by atoms with van der Waals surface area (Å²) in [5.41, 5.74) is 5.47. The van der Waals surface area contributed by atoms with Crippen LogP contribution in [0.5, 0.6) is 0 Å². The Morgan fingerprint density at radius 2 is 1.96 bits per heavy atom. The molecular weight excluding hydrogens is 347 g/mol. The first-order chi connectivity index (χ1) is 12.3. The molecule has 5 nitrogen and oxygen atoms in total. The van der Waals surface area contributed by atoms with E-state index in [9.17, 15) is 18.0 Å². The Hall–Kier alpha value is -2.90. The Balaban J connectivity index is 1.75. The number of carbonyl (C=O) groups is 1. The van der Waals surface area contributed by atoms with Gasteiger partial charge in [-0.3, -0.25) is 5.32 Å². The van der Waals surface area contributed by atoms with Gasteiger partial charge in [0.1, 0.15) is 17.6 Å². The molecule has 0 spiro atoms. The molecule has 3 rings (SSSR count). The van der Waals surface area contributed by atoms with E-state index in [-0.39, 0.29) is 23.9 Å². The molecule has 0 aromatic heterocycles. The molecule has 138 valence electrons. The van der Waals surface area contributed by atoms with Crippen molar-refractivity contribution in [1.82, 2.24) is 0 Å². The topological polar surface area (TPSA) is 76.4 Å². The van der Waals surface area contributed by atoms with Crippen molar-refractivity contribution >= 4 is 23.2 Å². The highest BCUT2D eigenvalue weighted by atomic mass is 19.1. The second-order valence-electron chi connectivity index (χ2n) is 6.19. The van der Waals surface area contributed by atoms with Crippen molar-refractivity contribution in [1.29, 1.82) is 0 Å². The number of hydrogen-bond acceptors (Lipinski definition) is 4. The van der Waals surface area contributed by atoms with Gasteiger partial charge in [-0.2, -0.15) is 0 Å². The Morgan fingerprint density at radius 3 is 2.62 bits per heavy atom. The largest absolute Gasteiger partial charge is 0.446 e. The van der Waals surface area contributed by atoms with Crippen LogP contribution in [0, 0.1) is 24.4 Å². The number of hydrogen-bond donors (Lipinski definition) is 3. The van der Waals surface area contributed by atoms with E-state index in [2.05, 4.69) is 10.6 Å². The summed E-state index contributed by atoms with van der Waals surface area (Å²) in [6.07, 6.45) is 0.561. The monoisotopic (exact) mass is 365 g/mol. The SMILES string of the molecule is Cc1ccc(CNc2c(F)cc(NC(=O)OC3CC3)c(N)c2F)c(F)c1. The van der Waals surface area contributed by atoms with Gasteiger partial charge in [-0.1, -0.05) is 12.1 Å². The molecular formula is C18H18F3N3O2. The van der Waals surface area contributed by atoms with Crippen LogP contribution in [0.2, 0.25) is 0 Å². The predicted octanol–water partition coefficient (Wildman–Crippen LogP) is 4.32. The van der Waals surface area contributed by atoms with Crippen LogP contribution in [0.3, 0.4) is 0 Å². The highest BCUT2D eigenvalue weighted by molar-refractivity contribution is 5.90. The van der Waals surface area contributed by atoms with Crippen LogP contribution in [0.25, 0.3) is 0 Å². The number of halogens is 3. The Labute approximate surface area is 148 Å². The Bertz CT molecular complexity index is 854. The first kappa shape index (κ1) is 17.9. The Kier molecular flexibility index (Phi) is 4.92. The van der Waals surface area contributed by atoms with Crippen LogP contribution in [0.15, 0.2) is 24.3 Å². The van der Waals surface area contributed by atoms with E-state index in [0.717, 1.165) is 24.5 Å². The van der Waals surface area contributed by atoms with Gasteiger partial charge in [-0.05, 0) is 31.4 Å². The van der Waals surface area contributed by atoms with Crippen LogP contribution in [-0.4, -0.2) is 12.2 Å². The second kappa shape index (κ2) is 7.15. The lowest BCUT2D eigenvalue weighted by molar-refractivity contribution is 0.154. The summed E-state index contributed by atoms with van der Waals surface area (Å²) < 4.78 is 47.4. The Morgan fingerprint density at radius 1 is 1.23 bits per heavy atom. The number of carbonyl (C=O) groups excluding carboxylic acids is 1. The standard InChI is InChI=1S/C18H18F3N3O2/c1-9-2-3-10(12(19)6-9)8-23-17-13(20)7-14(16(22)15(17)21)24-18(25)26-11-4-5-11/h2-3,6-7,11,23H,4-5,8,22H2,1H3,(H,24,25). The third-order valence-electron chi connectivity index (χ3n) is 3.96. The van der Waals surface area contributed by atoms with Crippen molar-refractivity contribution in [3.8, 4) is 0 Å². The lowest BCUT2D eigenvalue weighted by atomic mass is 10.1. The van der Waals surface area contributed by atoms with E-state index in [1.807, 2.05) is 0 Å². The maximum Gasteiger partial charge on any atom is 0.411 e. The lowest BCUT2D eigenvalue weighted by Crippen LogP contribution is -2.17. The van der Waals surface area contributed by atoms with Crippen LogP contribution in [-0.2, 0) is 11.3 Å². The predicted molar refractivity (Wildman–Crippen MR) is 92.4 cm³/mol. The van der Waals surface area contributed by atoms with Crippen molar-refractivity contribution in [2.24, 2.45) is 0 Å². The molecule has 0 saturated heterocycles. The normalized spacial score (nSPS) is 13.4. The molecule has 1 saturated carbocycles. The number of amides is 1. The smallest absolute Gasteiger partial charge is 0.411 e. The molecule has 0 bridgehead atoms. The first-order valence-corrected chi connectivity index (χ1v) is 8.09. The van der Waals surface area contributed by atoms with E-state index in [0.29, 0.717) is 0 Å². The van der Waals surface area contributed by atoms with Gasteiger partial charge in [-0.25, -0.2) is 18.0 Å². The summed E-state index contributed by atoms with van der Waals surface area (Å²) in [6, 6.07) is 5.44. The number of nitrogens with one attached hydrogen (secondary N) is 2. The van der Waals surface area contributed by atoms with E-state index >= 15 is 0 Å². The van der Waals surface area contributed by atoms with Gasteiger partial charge in [0.15, 0.2) is 11.6 Å². The van der Waals surface area contributed by atoms with Crippen LogP contribution in [0.1, 0.15) is 24.0 Å². The molecule has 0 heterocycles. The third kappa shape index (κ3) is 4.01. The molecule has 0 atom stereocenters. The molecule has 0 radical (unpaired) electrons. The molecule has 1 aliphatic rings. The minimum Gasteiger partial charge on any atom is -0.446 e. The summed E-state index contributed by atoms with van der Waals surface area (Å²) in [5, 5.41) is 4.73. The van der Waals surface area contributed by atoms with E-state index in [4.69, 9.17) is 10.5 Å². The molecule has 2 aromatic carbocycles. The van der Waals surface area contributed by atoms with Gasteiger partial charge in [0.2, 0.25) is 0 Å². The second-order valence-corrected chi connectivity index (χ2v) is 6.19. The van der Waals surface area contributed by atoms with E-state index in [1.165, 1.54) is 12.1 Å². The zero-order chi connectivity index (χ0) is 18.8. The van der Waals surface area contributed by atoms with Gasteiger partial charge in [-0.15, -0.1) is 0 Å². The van der Waals surface area contributed by atoms with Crippen molar-refractivity contribution in [2.45, 2.75) is 32.4 Å². The van der Waals surface area contributed by atoms with Crippen LogP contribution >= 0.6 is 0 Å². The fraction of sp³-hybridized carbons (Fsp3) is 0.278. The fourth-order valence-electron chi connectivity index (χ4n) is 2.36. The molecule has 2 aromatic rings. The van der Waals surface area contributed by atoms with Crippen molar-refractivity contribution in [3.05, 3.63) is 52.8 Å². The summed E-state index contributed by atoms with van der Waals surface area (Å²) in [4.78, 5) is 11.6. The number of nitrogens with two attached hydrogens (primary N) is 1. The molecule has 1 amide bonds. The zero-order valence-corrected chi connectivity index (χ0v) is 14.0. The summed E-state index contributed by atoms with van der Waals surface area (Å²) in [7, 11) is 0. The van der Waals surface area contributed by atoms with Crippen LogP contribution in [0.4, 0.5) is 35.0 Å². The average molecular weight is 365 g/mol. The summed E-state index contributed by atoms with van der Waals surface area (Å²) >= 11 is 0. The van der Waals surface area contributed by atoms with Gasteiger partial charge >= 0.3 is 6.09 Å².